The minimum absolute atomic E-state index is 0.0670. The van der Waals surface area contributed by atoms with Gasteiger partial charge in [0.05, 0.1) is 12.0 Å². The first-order valence-electron chi connectivity index (χ1n) is 11.3. The zero-order chi connectivity index (χ0) is 19.8. The van der Waals surface area contributed by atoms with Gasteiger partial charge in [-0.3, -0.25) is 14.9 Å². The summed E-state index contributed by atoms with van der Waals surface area (Å²) in [5, 5.41) is 11.7. The second-order valence-corrected chi connectivity index (χ2v) is 8.16. The average molecular weight is 380 g/mol. The van der Waals surface area contributed by atoms with Crippen LogP contribution in [0.15, 0.2) is 12.2 Å². The van der Waals surface area contributed by atoms with Crippen LogP contribution >= 0.6 is 0 Å². The fourth-order valence-electron chi connectivity index (χ4n) is 3.74. The van der Waals surface area contributed by atoms with E-state index in [1.807, 2.05) is 6.08 Å². The number of hydrogen-bond acceptors (Lipinski definition) is 3. The number of carbonyl (C=O) groups is 2. The second-order valence-electron chi connectivity index (χ2n) is 8.16. The minimum Gasteiger partial charge on any atom is -0.395 e. The lowest BCUT2D eigenvalue weighted by Gasteiger charge is -2.17. The van der Waals surface area contributed by atoms with Crippen molar-refractivity contribution in [3.8, 4) is 0 Å². The predicted octanol–water partition coefficient (Wildman–Crippen LogP) is 5.44. The minimum atomic E-state index is -1.02. The summed E-state index contributed by atoms with van der Waals surface area (Å²) in [5.74, 6) is -0.664. The average Bonchev–Trinajstić information content (AvgIpc) is 2.95. The molecule has 1 saturated heterocycles. The largest absolute Gasteiger partial charge is 0.395 e. The quantitative estimate of drug-likeness (QED) is 0.201. The van der Waals surface area contributed by atoms with Gasteiger partial charge in [-0.25, -0.2) is 0 Å². The Kier molecular flexibility index (Phi) is 13.1. The number of aliphatic hydroxyl groups excluding tert-OH is 1. The number of amides is 2. The molecule has 0 saturated carbocycles. The molecule has 1 rings (SSSR count). The van der Waals surface area contributed by atoms with Crippen LogP contribution in [0, 0.1) is 5.41 Å². The molecule has 1 atom stereocenters. The van der Waals surface area contributed by atoms with Gasteiger partial charge in [0.2, 0.25) is 11.8 Å². The summed E-state index contributed by atoms with van der Waals surface area (Å²) in [6, 6.07) is 0. The van der Waals surface area contributed by atoms with Gasteiger partial charge in [-0.1, -0.05) is 103 Å². The van der Waals surface area contributed by atoms with Crippen LogP contribution in [0.5, 0.6) is 0 Å². The third-order valence-corrected chi connectivity index (χ3v) is 5.62. The van der Waals surface area contributed by atoms with E-state index < -0.39 is 5.41 Å². The summed E-state index contributed by atoms with van der Waals surface area (Å²) in [6.45, 7) is 1.96. The highest BCUT2D eigenvalue weighted by Crippen LogP contribution is 2.29. The lowest BCUT2D eigenvalue weighted by Crippen LogP contribution is -2.33. The maximum atomic E-state index is 11.8. The van der Waals surface area contributed by atoms with Crippen molar-refractivity contribution < 1.29 is 14.7 Å². The van der Waals surface area contributed by atoms with Gasteiger partial charge in [-0.2, -0.15) is 0 Å². The number of rotatable bonds is 17. The summed E-state index contributed by atoms with van der Waals surface area (Å²) in [6.07, 6.45) is 23.5. The molecule has 4 heteroatoms. The molecule has 156 valence electrons. The molecule has 27 heavy (non-hydrogen) atoms. The standard InChI is InChI=1S/C23H41NO3/c1-2-3-4-5-6-7-8-9-10-11-12-13-14-15-16-17-18-23(20-25)19-21(26)24-22(23)27/h17-18,25H,2-16,19-20H2,1H3,(H,24,26,27). The molecule has 0 aromatic heterocycles. The highest BCUT2D eigenvalue weighted by molar-refractivity contribution is 6.07. The molecule has 0 spiro atoms. The molecule has 1 aliphatic rings. The molecule has 1 fully saturated rings. The summed E-state index contributed by atoms with van der Waals surface area (Å²) in [5.41, 5.74) is -1.02. The van der Waals surface area contributed by atoms with Crippen LogP contribution in [0.1, 0.15) is 110 Å². The highest BCUT2D eigenvalue weighted by atomic mass is 16.3. The monoisotopic (exact) mass is 379 g/mol. The van der Waals surface area contributed by atoms with E-state index in [1.54, 1.807) is 6.08 Å². The van der Waals surface area contributed by atoms with E-state index in [0.29, 0.717) is 0 Å². The van der Waals surface area contributed by atoms with Crippen molar-refractivity contribution in [2.45, 2.75) is 110 Å². The number of nitrogens with one attached hydrogen (secondary N) is 1. The van der Waals surface area contributed by atoms with Gasteiger partial charge in [-0.15, -0.1) is 0 Å². The molecule has 4 nitrogen and oxygen atoms in total. The van der Waals surface area contributed by atoms with Crippen LogP contribution in [0.4, 0.5) is 0 Å². The van der Waals surface area contributed by atoms with E-state index in [1.165, 1.54) is 83.5 Å². The number of aliphatic hydroxyl groups is 1. The van der Waals surface area contributed by atoms with Crippen molar-refractivity contribution in [2.75, 3.05) is 6.61 Å². The van der Waals surface area contributed by atoms with Gasteiger partial charge in [0.25, 0.3) is 0 Å². The van der Waals surface area contributed by atoms with Crippen molar-refractivity contribution in [1.29, 1.82) is 0 Å². The van der Waals surface area contributed by atoms with Gasteiger partial charge in [0.1, 0.15) is 0 Å². The fraction of sp³-hybridized carbons (Fsp3) is 0.826. The summed E-state index contributed by atoms with van der Waals surface area (Å²) in [7, 11) is 0. The van der Waals surface area contributed by atoms with Gasteiger partial charge < -0.3 is 5.11 Å². The third kappa shape index (κ3) is 10.1. The molecule has 0 bridgehead atoms. The fourth-order valence-corrected chi connectivity index (χ4v) is 3.74. The zero-order valence-electron chi connectivity index (χ0n) is 17.4. The van der Waals surface area contributed by atoms with Crippen molar-refractivity contribution in [3.05, 3.63) is 12.2 Å². The van der Waals surface area contributed by atoms with Crippen molar-refractivity contribution in [2.24, 2.45) is 5.41 Å². The van der Waals surface area contributed by atoms with Gasteiger partial charge in [0.15, 0.2) is 0 Å². The van der Waals surface area contributed by atoms with Crippen LogP contribution in [-0.2, 0) is 9.59 Å². The SMILES string of the molecule is CCCCCCCCCCCCCCCCC=CC1(CO)CC(=O)NC1=O. The van der Waals surface area contributed by atoms with Crippen LogP contribution < -0.4 is 5.32 Å². The second kappa shape index (κ2) is 14.8. The van der Waals surface area contributed by atoms with E-state index in [0.717, 1.165) is 12.8 Å². The number of carbonyl (C=O) groups excluding carboxylic acids is 2. The van der Waals surface area contributed by atoms with E-state index in [-0.39, 0.29) is 24.8 Å². The third-order valence-electron chi connectivity index (χ3n) is 5.62. The topological polar surface area (TPSA) is 66.4 Å². The van der Waals surface area contributed by atoms with E-state index in [2.05, 4.69) is 12.2 Å². The summed E-state index contributed by atoms with van der Waals surface area (Å²) >= 11 is 0. The van der Waals surface area contributed by atoms with Gasteiger partial charge >= 0.3 is 0 Å². The summed E-state index contributed by atoms with van der Waals surface area (Å²) in [4.78, 5) is 23.1. The van der Waals surface area contributed by atoms with E-state index in [4.69, 9.17) is 0 Å². The van der Waals surface area contributed by atoms with Crippen molar-refractivity contribution >= 4 is 11.8 Å². The Bertz CT molecular complexity index is 447. The zero-order valence-corrected chi connectivity index (χ0v) is 17.4. The van der Waals surface area contributed by atoms with E-state index >= 15 is 0 Å². The molecule has 1 unspecified atom stereocenters. The van der Waals surface area contributed by atoms with Crippen molar-refractivity contribution in [3.63, 3.8) is 0 Å². The molecule has 0 radical (unpaired) electrons. The Balaban J connectivity index is 1.90. The number of allylic oxidation sites excluding steroid dienone is 1. The van der Waals surface area contributed by atoms with Crippen molar-refractivity contribution in [1.82, 2.24) is 5.32 Å². The Labute approximate surface area is 166 Å². The molecule has 0 aromatic rings. The smallest absolute Gasteiger partial charge is 0.239 e. The summed E-state index contributed by atoms with van der Waals surface area (Å²) < 4.78 is 0. The number of hydrogen-bond donors (Lipinski definition) is 2. The predicted molar refractivity (Wildman–Crippen MR) is 111 cm³/mol. The van der Waals surface area contributed by atoms with Gasteiger partial charge in [-0.05, 0) is 12.8 Å². The molecule has 1 heterocycles. The first-order chi connectivity index (χ1) is 13.1. The first-order valence-corrected chi connectivity index (χ1v) is 11.3. The number of imide groups is 1. The Morgan fingerprint density at radius 2 is 1.33 bits per heavy atom. The maximum absolute atomic E-state index is 11.8. The van der Waals surface area contributed by atoms with Crippen LogP contribution in [0.3, 0.4) is 0 Å². The Morgan fingerprint density at radius 1 is 0.852 bits per heavy atom. The normalized spacial score (nSPS) is 19.9. The van der Waals surface area contributed by atoms with Crippen LogP contribution in [-0.4, -0.2) is 23.5 Å². The lowest BCUT2D eigenvalue weighted by atomic mass is 9.86. The molecular formula is C23H41NO3. The molecule has 2 N–H and O–H groups in total. The maximum Gasteiger partial charge on any atom is 0.239 e. The van der Waals surface area contributed by atoms with Gasteiger partial charge in [0, 0.05) is 6.42 Å². The lowest BCUT2D eigenvalue weighted by molar-refractivity contribution is -0.128. The molecule has 0 aromatic carbocycles. The highest BCUT2D eigenvalue weighted by Gasteiger charge is 2.44. The Hall–Kier alpha value is -1.16. The van der Waals surface area contributed by atoms with Crippen LogP contribution in [0.2, 0.25) is 0 Å². The Morgan fingerprint density at radius 3 is 1.74 bits per heavy atom. The van der Waals surface area contributed by atoms with E-state index in [9.17, 15) is 14.7 Å². The molecular weight excluding hydrogens is 338 g/mol. The first kappa shape index (κ1) is 23.9. The molecule has 0 aliphatic carbocycles. The molecule has 1 aliphatic heterocycles. The number of unbranched alkanes of at least 4 members (excludes halogenated alkanes) is 14. The van der Waals surface area contributed by atoms with Crippen LogP contribution in [0.25, 0.3) is 0 Å². The molecule has 2 amide bonds.